The van der Waals surface area contributed by atoms with E-state index in [9.17, 15) is 4.79 Å². The van der Waals surface area contributed by atoms with Crippen LogP contribution < -0.4 is 0 Å². The van der Waals surface area contributed by atoms with Gasteiger partial charge in [0.2, 0.25) is 0 Å². The van der Waals surface area contributed by atoms with E-state index in [2.05, 4.69) is 32.9 Å². The molecule has 6 heteroatoms. The van der Waals surface area contributed by atoms with Crippen LogP contribution in [0.5, 0.6) is 0 Å². The van der Waals surface area contributed by atoms with Crippen LogP contribution in [0.15, 0.2) is 24.3 Å². The molecule has 0 aliphatic carbocycles. The standard InChI is InChI=1S/C12H12IN3O2/c1-7(2)11-10(12(17)18)14-15-16(11)9-5-3-8(13)4-6-9/h3-7H,1-2H3,(H,17,18). The highest BCUT2D eigenvalue weighted by Gasteiger charge is 2.22. The maximum absolute atomic E-state index is 11.1. The van der Waals surface area contributed by atoms with Crippen molar-refractivity contribution in [1.82, 2.24) is 15.0 Å². The van der Waals surface area contributed by atoms with Crippen LogP contribution in [-0.4, -0.2) is 26.1 Å². The fourth-order valence-corrected chi connectivity index (χ4v) is 2.09. The van der Waals surface area contributed by atoms with Crippen LogP contribution in [0.2, 0.25) is 0 Å². The Morgan fingerprint density at radius 2 is 1.94 bits per heavy atom. The highest BCUT2D eigenvalue weighted by atomic mass is 127. The van der Waals surface area contributed by atoms with Crippen LogP contribution in [-0.2, 0) is 0 Å². The highest BCUT2D eigenvalue weighted by molar-refractivity contribution is 14.1. The number of carbonyl (C=O) groups is 1. The van der Waals surface area contributed by atoms with Gasteiger partial charge in [0.1, 0.15) is 0 Å². The van der Waals surface area contributed by atoms with Crippen molar-refractivity contribution in [2.45, 2.75) is 19.8 Å². The lowest BCUT2D eigenvalue weighted by molar-refractivity contribution is 0.0688. The molecule has 1 N–H and O–H groups in total. The van der Waals surface area contributed by atoms with Gasteiger partial charge in [-0.05, 0) is 52.8 Å². The molecular weight excluding hydrogens is 345 g/mol. The van der Waals surface area contributed by atoms with E-state index in [1.165, 1.54) is 0 Å². The molecule has 18 heavy (non-hydrogen) atoms. The zero-order chi connectivity index (χ0) is 13.3. The second kappa shape index (κ2) is 5.05. The zero-order valence-corrected chi connectivity index (χ0v) is 12.1. The Kier molecular flexibility index (Phi) is 3.65. The summed E-state index contributed by atoms with van der Waals surface area (Å²) in [6, 6.07) is 7.69. The Morgan fingerprint density at radius 1 is 1.33 bits per heavy atom. The average molecular weight is 357 g/mol. The number of rotatable bonds is 3. The molecule has 0 saturated heterocycles. The van der Waals surface area contributed by atoms with Crippen molar-refractivity contribution in [1.29, 1.82) is 0 Å². The van der Waals surface area contributed by atoms with E-state index in [1.54, 1.807) is 4.68 Å². The quantitative estimate of drug-likeness (QED) is 0.858. The molecule has 0 unspecified atom stereocenters. The van der Waals surface area contributed by atoms with Crippen LogP contribution in [0.3, 0.4) is 0 Å². The zero-order valence-electron chi connectivity index (χ0n) is 9.96. The maximum atomic E-state index is 11.1. The predicted octanol–water partition coefficient (Wildman–Crippen LogP) is 2.69. The summed E-state index contributed by atoms with van der Waals surface area (Å²) < 4.78 is 2.70. The van der Waals surface area contributed by atoms with E-state index >= 15 is 0 Å². The van der Waals surface area contributed by atoms with E-state index in [0.29, 0.717) is 5.69 Å². The average Bonchev–Trinajstić information content (AvgIpc) is 2.74. The van der Waals surface area contributed by atoms with Crippen molar-refractivity contribution in [3.8, 4) is 5.69 Å². The van der Waals surface area contributed by atoms with Crippen LogP contribution in [0, 0.1) is 3.57 Å². The van der Waals surface area contributed by atoms with Crippen LogP contribution in [0.25, 0.3) is 5.69 Å². The van der Waals surface area contributed by atoms with Gasteiger partial charge in [0.05, 0.1) is 11.4 Å². The van der Waals surface area contributed by atoms with Gasteiger partial charge in [0, 0.05) is 3.57 Å². The number of halogens is 1. The van der Waals surface area contributed by atoms with Crippen molar-refractivity contribution in [3.63, 3.8) is 0 Å². The Bertz CT molecular complexity index is 576. The molecule has 0 saturated carbocycles. The SMILES string of the molecule is CC(C)c1c(C(=O)O)nnn1-c1ccc(I)cc1. The summed E-state index contributed by atoms with van der Waals surface area (Å²) in [5.74, 6) is -1.01. The summed E-state index contributed by atoms with van der Waals surface area (Å²) >= 11 is 2.21. The van der Waals surface area contributed by atoms with E-state index in [4.69, 9.17) is 5.11 Å². The fourth-order valence-electron chi connectivity index (χ4n) is 1.73. The molecule has 0 atom stereocenters. The lowest BCUT2D eigenvalue weighted by atomic mass is 10.1. The second-order valence-corrected chi connectivity index (χ2v) is 5.42. The molecule has 5 nitrogen and oxygen atoms in total. The highest BCUT2D eigenvalue weighted by Crippen LogP contribution is 2.21. The molecule has 0 spiro atoms. The van der Waals surface area contributed by atoms with Crippen molar-refractivity contribution in [2.75, 3.05) is 0 Å². The van der Waals surface area contributed by atoms with Crippen LogP contribution in [0.1, 0.15) is 35.9 Å². The molecule has 0 bridgehead atoms. The van der Waals surface area contributed by atoms with E-state index in [0.717, 1.165) is 9.26 Å². The van der Waals surface area contributed by atoms with Crippen molar-refractivity contribution < 1.29 is 9.90 Å². The summed E-state index contributed by atoms with van der Waals surface area (Å²) in [6.45, 7) is 3.85. The Morgan fingerprint density at radius 3 is 2.44 bits per heavy atom. The topological polar surface area (TPSA) is 68.0 Å². The largest absolute Gasteiger partial charge is 0.476 e. The normalized spacial score (nSPS) is 10.9. The summed E-state index contributed by atoms with van der Waals surface area (Å²) in [6.07, 6.45) is 0. The van der Waals surface area contributed by atoms with Gasteiger partial charge in [-0.1, -0.05) is 19.1 Å². The smallest absolute Gasteiger partial charge is 0.358 e. The van der Waals surface area contributed by atoms with Gasteiger partial charge in [0.25, 0.3) is 0 Å². The minimum Gasteiger partial charge on any atom is -0.476 e. The van der Waals surface area contributed by atoms with Crippen LogP contribution >= 0.6 is 22.6 Å². The molecule has 94 valence electrons. The molecule has 1 aromatic carbocycles. The third kappa shape index (κ3) is 2.38. The van der Waals surface area contributed by atoms with Gasteiger partial charge in [-0.3, -0.25) is 0 Å². The number of aromatic nitrogens is 3. The van der Waals surface area contributed by atoms with E-state index < -0.39 is 5.97 Å². The Hall–Kier alpha value is -1.44. The third-order valence-electron chi connectivity index (χ3n) is 2.53. The van der Waals surface area contributed by atoms with Gasteiger partial charge in [-0.25, -0.2) is 9.48 Å². The van der Waals surface area contributed by atoms with Gasteiger partial charge >= 0.3 is 5.97 Å². The number of nitrogens with zero attached hydrogens (tertiary/aromatic N) is 3. The lowest BCUT2D eigenvalue weighted by Gasteiger charge is -2.09. The first-order valence-electron chi connectivity index (χ1n) is 5.45. The van der Waals surface area contributed by atoms with Crippen LogP contribution in [0.4, 0.5) is 0 Å². The minimum absolute atomic E-state index is 0.0172. The molecule has 0 amide bonds. The Labute approximate surface area is 118 Å². The van der Waals surface area contributed by atoms with Gasteiger partial charge in [-0.15, -0.1) is 5.10 Å². The molecular formula is C12H12IN3O2. The number of carboxylic acid groups (broad SMARTS) is 1. The van der Waals surface area contributed by atoms with Gasteiger partial charge in [0.15, 0.2) is 5.69 Å². The van der Waals surface area contributed by atoms with E-state index in [-0.39, 0.29) is 11.6 Å². The second-order valence-electron chi connectivity index (χ2n) is 4.17. The monoisotopic (exact) mass is 357 g/mol. The number of benzene rings is 1. The predicted molar refractivity (Wildman–Crippen MR) is 75.1 cm³/mol. The minimum atomic E-state index is -1.05. The Balaban J connectivity index is 2.57. The first kappa shape index (κ1) is 13.0. The maximum Gasteiger partial charge on any atom is 0.358 e. The summed E-state index contributed by atoms with van der Waals surface area (Å²) in [5, 5.41) is 16.8. The molecule has 2 aromatic rings. The molecule has 1 aromatic heterocycles. The molecule has 2 rings (SSSR count). The summed E-state index contributed by atoms with van der Waals surface area (Å²) in [4.78, 5) is 11.1. The summed E-state index contributed by atoms with van der Waals surface area (Å²) in [5.41, 5.74) is 1.45. The molecule has 1 heterocycles. The first-order chi connectivity index (χ1) is 8.50. The summed E-state index contributed by atoms with van der Waals surface area (Å²) in [7, 11) is 0. The van der Waals surface area contributed by atoms with Gasteiger partial charge < -0.3 is 5.11 Å². The van der Waals surface area contributed by atoms with E-state index in [1.807, 2.05) is 38.1 Å². The van der Waals surface area contributed by atoms with Crippen molar-refractivity contribution >= 4 is 28.6 Å². The van der Waals surface area contributed by atoms with Gasteiger partial charge in [-0.2, -0.15) is 0 Å². The number of hydrogen-bond acceptors (Lipinski definition) is 3. The number of hydrogen-bond donors (Lipinski definition) is 1. The molecule has 0 aliphatic rings. The molecule has 0 aliphatic heterocycles. The number of aromatic carboxylic acids is 1. The van der Waals surface area contributed by atoms with Crippen molar-refractivity contribution in [3.05, 3.63) is 39.2 Å². The lowest BCUT2D eigenvalue weighted by Crippen LogP contribution is -2.08. The molecule has 0 radical (unpaired) electrons. The third-order valence-corrected chi connectivity index (χ3v) is 3.24. The number of carboxylic acids is 1. The van der Waals surface area contributed by atoms with Crippen molar-refractivity contribution in [2.24, 2.45) is 0 Å². The first-order valence-corrected chi connectivity index (χ1v) is 6.53. The molecule has 0 fully saturated rings. The fraction of sp³-hybridized carbons (Fsp3) is 0.250.